The first kappa shape index (κ1) is 28.5. The molecule has 48 heavy (non-hydrogen) atoms. The molecule has 8 heterocycles. The van der Waals surface area contributed by atoms with E-state index in [9.17, 15) is 0 Å². The summed E-state index contributed by atoms with van der Waals surface area (Å²) in [4.78, 5) is 46.5. The highest BCUT2D eigenvalue weighted by atomic mass is 14.9. The van der Waals surface area contributed by atoms with E-state index in [0.717, 1.165) is 45.0 Å². The number of hydrogen-bond acceptors (Lipinski definition) is 10. The average molecular weight is 621 g/mol. The number of nitrogens with zero attached hydrogens (tertiary/aromatic N) is 10. The van der Waals surface area contributed by atoms with Crippen molar-refractivity contribution in [1.82, 2.24) is 49.8 Å². The Labute approximate surface area is 275 Å². The molecule has 0 aliphatic rings. The molecule has 8 aromatic rings. The highest BCUT2D eigenvalue weighted by molar-refractivity contribution is 5.74. The lowest BCUT2D eigenvalue weighted by atomic mass is 10.1. The summed E-state index contributed by atoms with van der Waals surface area (Å²) in [5.41, 5.74) is 9.00. The van der Waals surface area contributed by atoms with Crippen molar-refractivity contribution in [2.45, 2.75) is 0 Å². The molecule has 10 nitrogen and oxygen atoms in total. The van der Waals surface area contributed by atoms with Crippen molar-refractivity contribution in [2.75, 3.05) is 0 Å². The topological polar surface area (TPSA) is 129 Å². The Hall–Kier alpha value is -6.94. The van der Waals surface area contributed by atoms with Crippen molar-refractivity contribution in [3.63, 3.8) is 0 Å². The maximum Gasteiger partial charge on any atom is 0.159 e. The zero-order valence-corrected chi connectivity index (χ0v) is 25.3. The summed E-state index contributed by atoms with van der Waals surface area (Å²) in [6.07, 6.45) is 14.1. The Morgan fingerprint density at radius 1 is 0.271 bits per heavy atom. The zero-order valence-electron chi connectivity index (χ0n) is 25.3. The minimum atomic E-state index is 0.550. The van der Waals surface area contributed by atoms with Gasteiger partial charge in [0.2, 0.25) is 0 Å². The van der Waals surface area contributed by atoms with E-state index in [2.05, 4.69) is 19.9 Å². The molecule has 0 fully saturated rings. The fourth-order valence-corrected chi connectivity index (χ4v) is 5.15. The van der Waals surface area contributed by atoms with Crippen LogP contribution in [0.15, 0.2) is 147 Å². The van der Waals surface area contributed by atoms with Crippen molar-refractivity contribution in [1.29, 1.82) is 0 Å². The van der Waals surface area contributed by atoms with Crippen LogP contribution in [0.3, 0.4) is 0 Å². The lowest BCUT2D eigenvalue weighted by Crippen LogP contribution is -1.97. The second-order valence-corrected chi connectivity index (χ2v) is 10.7. The van der Waals surface area contributed by atoms with Crippen molar-refractivity contribution < 1.29 is 0 Å². The molecule has 8 rings (SSSR count). The van der Waals surface area contributed by atoms with E-state index < -0.39 is 0 Å². The summed E-state index contributed by atoms with van der Waals surface area (Å²) >= 11 is 0. The molecule has 8 aromatic heterocycles. The molecule has 0 bridgehead atoms. The third kappa shape index (κ3) is 6.01. The second-order valence-electron chi connectivity index (χ2n) is 10.7. The van der Waals surface area contributed by atoms with Gasteiger partial charge in [0.25, 0.3) is 0 Å². The summed E-state index contributed by atoms with van der Waals surface area (Å²) in [5.74, 6) is 1.10. The molecular formula is C38H24N10. The summed E-state index contributed by atoms with van der Waals surface area (Å²) < 4.78 is 0. The van der Waals surface area contributed by atoms with Gasteiger partial charge in [-0.1, -0.05) is 24.3 Å². The van der Waals surface area contributed by atoms with Gasteiger partial charge in [0.05, 0.1) is 45.6 Å². The summed E-state index contributed by atoms with van der Waals surface area (Å²) in [6.45, 7) is 0. The molecule has 0 spiro atoms. The number of hydrogen-bond donors (Lipinski definition) is 0. The molecule has 0 amide bonds. The van der Waals surface area contributed by atoms with E-state index in [1.807, 2.05) is 97.1 Å². The largest absolute Gasteiger partial charge is 0.255 e. The lowest BCUT2D eigenvalue weighted by Gasteiger charge is -2.09. The van der Waals surface area contributed by atoms with Crippen LogP contribution in [0.1, 0.15) is 0 Å². The molecule has 0 aliphatic carbocycles. The molecule has 0 unspecified atom stereocenters. The third-order valence-corrected chi connectivity index (χ3v) is 7.51. The van der Waals surface area contributed by atoms with Crippen molar-refractivity contribution in [3.8, 4) is 79.5 Å². The number of pyridine rings is 6. The molecule has 0 radical (unpaired) electrons. The zero-order chi connectivity index (χ0) is 32.1. The fourth-order valence-electron chi connectivity index (χ4n) is 5.15. The van der Waals surface area contributed by atoms with Gasteiger partial charge >= 0.3 is 0 Å². The molecule has 0 atom stereocenters. The van der Waals surface area contributed by atoms with Gasteiger partial charge in [0.15, 0.2) is 11.6 Å². The van der Waals surface area contributed by atoms with Gasteiger partial charge in [-0.25, -0.2) is 29.9 Å². The maximum absolute atomic E-state index is 4.83. The summed E-state index contributed by atoms with van der Waals surface area (Å²) in [7, 11) is 0. The molecule has 0 saturated carbocycles. The Balaban J connectivity index is 1.11. The highest BCUT2D eigenvalue weighted by Gasteiger charge is 2.14. The van der Waals surface area contributed by atoms with Crippen LogP contribution in [-0.4, -0.2) is 49.8 Å². The van der Waals surface area contributed by atoms with Crippen LogP contribution in [0.2, 0.25) is 0 Å². The minimum Gasteiger partial charge on any atom is -0.255 e. The van der Waals surface area contributed by atoms with E-state index in [0.29, 0.717) is 34.4 Å². The number of aromatic nitrogens is 10. The van der Waals surface area contributed by atoms with Gasteiger partial charge in [0, 0.05) is 71.8 Å². The second kappa shape index (κ2) is 12.8. The lowest BCUT2D eigenvalue weighted by molar-refractivity contribution is 1.14. The van der Waals surface area contributed by atoms with Crippen LogP contribution >= 0.6 is 0 Å². The first-order valence-electron chi connectivity index (χ1n) is 15.1. The first-order valence-corrected chi connectivity index (χ1v) is 15.1. The van der Waals surface area contributed by atoms with Gasteiger partial charge in [0.1, 0.15) is 0 Å². The van der Waals surface area contributed by atoms with E-state index in [-0.39, 0.29) is 0 Å². The Morgan fingerprint density at radius 2 is 0.562 bits per heavy atom. The maximum atomic E-state index is 4.83. The molecular weight excluding hydrogens is 596 g/mol. The normalized spacial score (nSPS) is 10.9. The van der Waals surface area contributed by atoms with Crippen LogP contribution in [0, 0.1) is 0 Å². The van der Waals surface area contributed by atoms with Gasteiger partial charge in [-0.15, -0.1) is 0 Å². The average Bonchev–Trinajstić information content (AvgIpc) is 3.19. The molecule has 0 saturated heterocycles. The van der Waals surface area contributed by atoms with E-state index in [1.165, 1.54) is 0 Å². The predicted molar refractivity (Wildman–Crippen MR) is 182 cm³/mol. The quantitative estimate of drug-likeness (QED) is 0.179. The molecule has 226 valence electrons. The Bertz CT molecular complexity index is 2020. The van der Waals surface area contributed by atoms with E-state index >= 15 is 0 Å². The predicted octanol–water partition coefficient (Wildman–Crippen LogP) is 7.31. The molecule has 10 heteroatoms. The van der Waals surface area contributed by atoms with Crippen LogP contribution in [0.25, 0.3) is 79.5 Å². The summed E-state index contributed by atoms with van der Waals surface area (Å²) in [6, 6.07) is 30.7. The van der Waals surface area contributed by atoms with Crippen LogP contribution < -0.4 is 0 Å². The van der Waals surface area contributed by atoms with Crippen molar-refractivity contribution in [3.05, 3.63) is 147 Å². The van der Waals surface area contributed by atoms with E-state index in [4.69, 9.17) is 29.9 Å². The fraction of sp³-hybridized carbons (Fsp3) is 0. The highest BCUT2D eigenvalue weighted by Crippen LogP contribution is 2.30. The van der Waals surface area contributed by atoms with Gasteiger partial charge < -0.3 is 0 Å². The van der Waals surface area contributed by atoms with Gasteiger partial charge in [-0.3, -0.25) is 19.9 Å². The summed E-state index contributed by atoms with van der Waals surface area (Å²) in [5, 5.41) is 0. The molecule has 0 aromatic carbocycles. The smallest absolute Gasteiger partial charge is 0.159 e. The Morgan fingerprint density at radius 3 is 0.812 bits per heavy atom. The number of rotatable bonds is 7. The van der Waals surface area contributed by atoms with Crippen LogP contribution in [-0.2, 0) is 0 Å². The monoisotopic (exact) mass is 620 g/mol. The standard InChI is InChI=1S/C38H24N10/c1-5-13-39-29(9-1)33-17-25(18-34(47-33)30-10-2-6-14-40-30)37-43-21-27(22-44-37)28-23-45-38(46-24-28)26-19-35(31-11-3-7-15-41-31)48-36(20-26)32-12-4-8-16-42-32/h1-24H. The van der Waals surface area contributed by atoms with E-state index in [1.54, 1.807) is 49.6 Å². The molecule has 0 N–H and O–H groups in total. The Kier molecular flexibility index (Phi) is 7.62. The van der Waals surface area contributed by atoms with Crippen LogP contribution in [0.4, 0.5) is 0 Å². The molecule has 0 aliphatic heterocycles. The van der Waals surface area contributed by atoms with Gasteiger partial charge in [-0.2, -0.15) is 0 Å². The van der Waals surface area contributed by atoms with Crippen molar-refractivity contribution >= 4 is 0 Å². The first-order chi connectivity index (χ1) is 23.8. The van der Waals surface area contributed by atoms with Crippen molar-refractivity contribution in [2.24, 2.45) is 0 Å². The third-order valence-electron chi connectivity index (χ3n) is 7.51. The SMILES string of the molecule is c1ccc(-c2cc(-c3ncc(-c4cnc(-c5cc(-c6ccccn6)nc(-c6ccccn6)c5)nc4)cn3)cc(-c3ccccn3)n2)nc1. The van der Waals surface area contributed by atoms with Gasteiger partial charge in [-0.05, 0) is 72.8 Å². The van der Waals surface area contributed by atoms with Crippen LogP contribution in [0.5, 0.6) is 0 Å². The minimum absolute atomic E-state index is 0.550.